The minimum absolute atomic E-state index is 0.820. The summed E-state index contributed by atoms with van der Waals surface area (Å²) in [5.41, 5.74) is 3.98. The zero-order valence-corrected chi connectivity index (χ0v) is 11.4. The summed E-state index contributed by atoms with van der Waals surface area (Å²) in [6, 6.07) is 12.2. The van der Waals surface area contributed by atoms with Crippen LogP contribution in [0.3, 0.4) is 0 Å². The molecular weight excluding hydrogens is 262 g/mol. The Morgan fingerprint density at radius 2 is 2.06 bits per heavy atom. The van der Waals surface area contributed by atoms with Crippen LogP contribution in [0.4, 0.5) is 5.13 Å². The molecule has 0 aliphatic heterocycles. The Morgan fingerprint density at radius 1 is 1.17 bits per heavy atom. The summed E-state index contributed by atoms with van der Waals surface area (Å²) in [4.78, 5) is 6.87. The molecule has 0 atom stereocenters. The van der Waals surface area contributed by atoms with Crippen molar-refractivity contribution in [1.82, 2.24) is 4.98 Å². The van der Waals surface area contributed by atoms with Crippen LogP contribution < -0.4 is 5.43 Å². The maximum Gasteiger partial charge on any atom is 0.204 e. The van der Waals surface area contributed by atoms with Gasteiger partial charge in [-0.3, -0.25) is 5.43 Å². The topological polar surface area (TPSA) is 37.3 Å². The van der Waals surface area contributed by atoms with Gasteiger partial charge in [0.25, 0.3) is 0 Å². The average molecular weight is 273 g/mol. The van der Waals surface area contributed by atoms with E-state index in [1.165, 1.54) is 9.58 Å². The summed E-state index contributed by atoms with van der Waals surface area (Å²) in [7, 11) is 0. The maximum atomic E-state index is 4.45. The van der Waals surface area contributed by atoms with Crippen LogP contribution in [-0.4, -0.2) is 11.2 Å². The number of nitrogens with one attached hydrogen (secondary N) is 1. The SMILES string of the molecule is Cc1ccc(/C=N/Nc2nc3ccccc3s2)s1. The van der Waals surface area contributed by atoms with Gasteiger partial charge in [0.1, 0.15) is 0 Å². The standard InChI is InChI=1S/C13H11N3S2/c1-9-6-7-10(17-9)8-14-16-13-15-11-4-2-3-5-12(11)18-13/h2-8H,1H3,(H,15,16)/b14-8+. The third-order valence-electron chi connectivity index (χ3n) is 2.41. The summed E-state index contributed by atoms with van der Waals surface area (Å²) in [6.45, 7) is 2.09. The van der Waals surface area contributed by atoms with Crippen molar-refractivity contribution in [3.05, 3.63) is 46.2 Å². The highest BCUT2D eigenvalue weighted by Gasteiger charge is 2.00. The number of benzene rings is 1. The molecule has 2 heterocycles. The number of thiophene rings is 1. The molecule has 3 rings (SSSR count). The first kappa shape index (κ1) is 11.4. The molecule has 0 aliphatic carbocycles. The van der Waals surface area contributed by atoms with Crippen LogP contribution >= 0.6 is 22.7 Å². The molecule has 0 radical (unpaired) electrons. The molecule has 0 aliphatic rings. The summed E-state index contributed by atoms with van der Waals surface area (Å²) in [5.74, 6) is 0. The second-order valence-corrected chi connectivity index (χ2v) is 6.16. The van der Waals surface area contributed by atoms with Gasteiger partial charge >= 0.3 is 0 Å². The van der Waals surface area contributed by atoms with E-state index in [1.54, 1.807) is 22.7 Å². The Morgan fingerprint density at radius 3 is 2.83 bits per heavy atom. The van der Waals surface area contributed by atoms with Crippen LogP contribution in [0.25, 0.3) is 10.2 Å². The van der Waals surface area contributed by atoms with Crippen LogP contribution in [0, 0.1) is 6.92 Å². The van der Waals surface area contributed by atoms with Crippen molar-refractivity contribution >= 4 is 44.2 Å². The van der Waals surface area contributed by atoms with E-state index < -0.39 is 0 Å². The van der Waals surface area contributed by atoms with Crippen molar-refractivity contribution in [2.75, 3.05) is 5.43 Å². The first-order valence-electron chi connectivity index (χ1n) is 5.52. The average Bonchev–Trinajstić information content (AvgIpc) is 2.95. The molecule has 0 saturated heterocycles. The highest BCUT2D eigenvalue weighted by molar-refractivity contribution is 7.22. The van der Waals surface area contributed by atoms with E-state index in [9.17, 15) is 0 Å². The highest BCUT2D eigenvalue weighted by Crippen LogP contribution is 2.25. The zero-order chi connectivity index (χ0) is 12.4. The van der Waals surface area contributed by atoms with Gasteiger partial charge in [0, 0.05) is 9.75 Å². The van der Waals surface area contributed by atoms with E-state index >= 15 is 0 Å². The van der Waals surface area contributed by atoms with E-state index in [4.69, 9.17) is 0 Å². The smallest absolute Gasteiger partial charge is 0.204 e. The Hall–Kier alpha value is -1.72. The number of rotatable bonds is 3. The first-order valence-corrected chi connectivity index (χ1v) is 7.16. The lowest BCUT2D eigenvalue weighted by Crippen LogP contribution is -1.87. The highest BCUT2D eigenvalue weighted by atomic mass is 32.1. The zero-order valence-electron chi connectivity index (χ0n) is 9.75. The van der Waals surface area contributed by atoms with Gasteiger partial charge in [-0.1, -0.05) is 23.5 Å². The van der Waals surface area contributed by atoms with Crippen molar-refractivity contribution in [3.63, 3.8) is 0 Å². The van der Waals surface area contributed by atoms with Gasteiger partial charge in [-0.25, -0.2) is 4.98 Å². The van der Waals surface area contributed by atoms with Gasteiger partial charge in [-0.2, -0.15) is 5.10 Å². The number of aryl methyl sites for hydroxylation is 1. The van der Waals surface area contributed by atoms with E-state index in [1.807, 2.05) is 24.4 Å². The van der Waals surface area contributed by atoms with Crippen molar-refractivity contribution in [2.24, 2.45) is 5.10 Å². The lowest BCUT2D eigenvalue weighted by atomic mass is 10.3. The third kappa shape index (κ3) is 2.42. The number of nitrogens with zero attached hydrogens (tertiary/aromatic N) is 2. The Kier molecular flexibility index (Phi) is 3.08. The number of hydrogen-bond acceptors (Lipinski definition) is 5. The van der Waals surface area contributed by atoms with Crippen LogP contribution in [0.15, 0.2) is 41.5 Å². The van der Waals surface area contributed by atoms with Gasteiger partial charge in [0.15, 0.2) is 0 Å². The molecule has 0 spiro atoms. The molecule has 1 N–H and O–H groups in total. The maximum absolute atomic E-state index is 4.45. The van der Waals surface area contributed by atoms with Crippen molar-refractivity contribution < 1.29 is 0 Å². The first-order chi connectivity index (χ1) is 8.81. The molecule has 0 bridgehead atoms. The second-order valence-electron chi connectivity index (χ2n) is 3.81. The number of hydrazone groups is 1. The van der Waals surface area contributed by atoms with Gasteiger partial charge in [-0.15, -0.1) is 11.3 Å². The van der Waals surface area contributed by atoms with Crippen LogP contribution in [-0.2, 0) is 0 Å². The van der Waals surface area contributed by atoms with Gasteiger partial charge in [0.2, 0.25) is 5.13 Å². The molecule has 3 aromatic rings. The van der Waals surface area contributed by atoms with E-state index in [0.717, 1.165) is 15.5 Å². The number of hydrogen-bond donors (Lipinski definition) is 1. The van der Waals surface area contributed by atoms with Gasteiger partial charge < -0.3 is 0 Å². The largest absolute Gasteiger partial charge is 0.253 e. The van der Waals surface area contributed by atoms with Crippen molar-refractivity contribution in [3.8, 4) is 0 Å². The molecule has 0 fully saturated rings. The lowest BCUT2D eigenvalue weighted by molar-refractivity contribution is 1.31. The summed E-state index contributed by atoms with van der Waals surface area (Å²) < 4.78 is 1.17. The third-order valence-corrected chi connectivity index (χ3v) is 4.28. The minimum Gasteiger partial charge on any atom is -0.253 e. The predicted octanol–water partition coefficient (Wildman–Crippen LogP) is 4.11. The fourth-order valence-corrected chi connectivity index (χ4v) is 3.16. The van der Waals surface area contributed by atoms with Crippen molar-refractivity contribution in [1.29, 1.82) is 0 Å². The number of aromatic nitrogens is 1. The Labute approximate surface area is 113 Å². The van der Waals surface area contributed by atoms with Crippen LogP contribution in [0.5, 0.6) is 0 Å². The molecule has 90 valence electrons. The second kappa shape index (κ2) is 4.88. The van der Waals surface area contributed by atoms with Crippen LogP contribution in [0.1, 0.15) is 9.75 Å². The molecule has 3 nitrogen and oxygen atoms in total. The number of anilines is 1. The van der Waals surface area contributed by atoms with Crippen molar-refractivity contribution in [2.45, 2.75) is 6.92 Å². The molecule has 2 aromatic heterocycles. The van der Waals surface area contributed by atoms with E-state index in [0.29, 0.717) is 0 Å². The van der Waals surface area contributed by atoms with Gasteiger partial charge in [0.05, 0.1) is 16.4 Å². The molecule has 0 unspecified atom stereocenters. The number of para-hydroxylation sites is 1. The molecule has 0 amide bonds. The fraction of sp³-hybridized carbons (Fsp3) is 0.0769. The normalized spacial score (nSPS) is 11.4. The molecule has 0 saturated carbocycles. The molecule has 5 heteroatoms. The molecular formula is C13H11N3S2. The van der Waals surface area contributed by atoms with E-state index in [2.05, 4.69) is 40.6 Å². The molecule has 18 heavy (non-hydrogen) atoms. The monoisotopic (exact) mass is 273 g/mol. The Balaban J connectivity index is 1.74. The van der Waals surface area contributed by atoms with E-state index in [-0.39, 0.29) is 0 Å². The van der Waals surface area contributed by atoms with Gasteiger partial charge in [-0.05, 0) is 31.2 Å². The van der Waals surface area contributed by atoms with Crippen LogP contribution in [0.2, 0.25) is 0 Å². The summed E-state index contributed by atoms with van der Waals surface area (Å²) in [6.07, 6.45) is 1.82. The molecule has 1 aromatic carbocycles. The minimum atomic E-state index is 0.820. The number of thiazole rings is 1. The quantitative estimate of drug-likeness (QED) is 0.576. The summed E-state index contributed by atoms with van der Waals surface area (Å²) >= 11 is 3.33. The Bertz CT molecular complexity index is 664. The fourth-order valence-electron chi connectivity index (χ4n) is 1.59. The number of fused-ring (bicyclic) bond motifs is 1. The predicted molar refractivity (Wildman–Crippen MR) is 79.9 cm³/mol. The summed E-state index contributed by atoms with van der Waals surface area (Å²) in [5, 5.41) is 5.02. The lowest BCUT2D eigenvalue weighted by Gasteiger charge is -1.90.